The zero-order valence-corrected chi connectivity index (χ0v) is 11.1. The Labute approximate surface area is 107 Å². The molecular formula is C11H18N2O4S. The molecule has 102 valence electrons. The summed E-state index contributed by atoms with van der Waals surface area (Å²) in [5.41, 5.74) is 4.91. The minimum atomic E-state index is -3.64. The highest BCUT2D eigenvalue weighted by molar-refractivity contribution is 7.89. The minimum absolute atomic E-state index is 0.0873. The Hall–Kier alpha value is -0.890. The van der Waals surface area contributed by atoms with E-state index in [4.69, 9.17) is 14.9 Å². The maximum atomic E-state index is 12.1. The molecule has 7 heteroatoms. The summed E-state index contributed by atoms with van der Waals surface area (Å²) in [6.45, 7) is 3.18. The van der Waals surface area contributed by atoms with Crippen molar-refractivity contribution in [1.29, 1.82) is 0 Å². The third kappa shape index (κ3) is 2.92. The van der Waals surface area contributed by atoms with E-state index in [2.05, 4.69) is 4.72 Å². The zero-order chi connectivity index (χ0) is 13.2. The first-order valence-corrected chi connectivity index (χ1v) is 7.34. The van der Waals surface area contributed by atoms with Gasteiger partial charge in [-0.25, -0.2) is 13.1 Å². The minimum Gasteiger partial charge on any atom is -0.447 e. The second-order valence-corrected chi connectivity index (χ2v) is 6.32. The maximum Gasteiger partial charge on any atom is 0.274 e. The van der Waals surface area contributed by atoms with Gasteiger partial charge in [-0.3, -0.25) is 0 Å². The molecule has 0 bridgehead atoms. The Morgan fingerprint density at radius 3 is 2.61 bits per heavy atom. The molecule has 0 amide bonds. The molecule has 3 N–H and O–H groups in total. The van der Waals surface area contributed by atoms with E-state index in [-0.39, 0.29) is 11.6 Å². The third-order valence-corrected chi connectivity index (χ3v) is 4.59. The summed E-state index contributed by atoms with van der Waals surface area (Å²) in [6, 6.07) is 2.99. The molecule has 0 spiro atoms. The maximum absolute atomic E-state index is 12.1. The normalized spacial score (nSPS) is 19.9. The number of nitrogens with two attached hydrogens (primary N) is 1. The molecule has 2 rings (SSSR count). The van der Waals surface area contributed by atoms with E-state index in [1.54, 1.807) is 6.07 Å². The van der Waals surface area contributed by atoms with Gasteiger partial charge in [0, 0.05) is 18.8 Å². The van der Waals surface area contributed by atoms with Crippen molar-refractivity contribution < 1.29 is 17.6 Å². The van der Waals surface area contributed by atoms with E-state index in [9.17, 15) is 8.42 Å². The molecule has 0 aromatic carbocycles. The summed E-state index contributed by atoms with van der Waals surface area (Å²) in [4.78, 5) is 0. The Morgan fingerprint density at radius 2 is 2.06 bits per heavy atom. The summed E-state index contributed by atoms with van der Waals surface area (Å²) >= 11 is 0. The van der Waals surface area contributed by atoms with Crippen LogP contribution in [-0.2, 0) is 21.3 Å². The van der Waals surface area contributed by atoms with Crippen molar-refractivity contribution >= 4 is 10.0 Å². The molecule has 0 radical (unpaired) electrons. The van der Waals surface area contributed by atoms with E-state index in [0.717, 1.165) is 0 Å². The second-order valence-electron chi connectivity index (χ2n) is 4.70. The predicted molar refractivity (Wildman–Crippen MR) is 65.4 cm³/mol. The fourth-order valence-corrected chi connectivity index (χ4v) is 3.33. The molecule has 1 aliphatic rings. The molecule has 18 heavy (non-hydrogen) atoms. The first-order chi connectivity index (χ1) is 8.45. The SMILES string of the molecule is CC1(NS(=O)(=O)c2ccc(CN)o2)CCOCC1. The molecule has 1 fully saturated rings. The van der Waals surface area contributed by atoms with Gasteiger partial charge in [-0.05, 0) is 31.9 Å². The van der Waals surface area contributed by atoms with Crippen molar-refractivity contribution in [3.8, 4) is 0 Å². The number of furan rings is 1. The molecule has 1 aliphatic heterocycles. The molecule has 0 saturated carbocycles. The average molecular weight is 274 g/mol. The first-order valence-electron chi connectivity index (χ1n) is 5.86. The Bertz CT molecular complexity index is 503. The van der Waals surface area contributed by atoms with Crippen molar-refractivity contribution in [2.24, 2.45) is 5.73 Å². The monoisotopic (exact) mass is 274 g/mol. The van der Waals surface area contributed by atoms with Crippen LogP contribution in [0.2, 0.25) is 0 Å². The molecule has 1 aromatic heterocycles. The molecule has 1 saturated heterocycles. The van der Waals surface area contributed by atoms with Gasteiger partial charge >= 0.3 is 0 Å². The standard InChI is InChI=1S/C11H18N2O4S/c1-11(4-6-16-7-5-11)13-18(14,15)10-3-2-9(8-12)17-10/h2-3,13H,4-8,12H2,1H3. The van der Waals surface area contributed by atoms with E-state index in [0.29, 0.717) is 31.8 Å². The van der Waals surface area contributed by atoms with Crippen molar-refractivity contribution in [1.82, 2.24) is 4.72 Å². The molecule has 2 heterocycles. The fourth-order valence-electron chi connectivity index (χ4n) is 1.91. The van der Waals surface area contributed by atoms with Crippen LogP contribution >= 0.6 is 0 Å². The summed E-state index contributed by atoms with van der Waals surface area (Å²) in [5.74, 6) is 0.451. The molecular weight excluding hydrogens is 256 g/mol. The summed E-state index contributed by atoms with van der Waals surface area (Å²) < 4.78 is 37.4. The summed E-state index contributed by atoms with van der Waals surface area (Å²) in [6.07, 6.45) is 1.30. The van der Waals surface area contributed by atoms with E-state index in [1.807, 2.05) is 6.92 Å². The molecule has 0 unspecified atom stereocenters. The lowest BCUT2D eigenvalue weighted by molar-refractivity contribution is 0.0536. The fraction of sp³-hybridized carbons (Fsp3) is 0.636. The number of ether oxygens (including phenoxy) is 1. The van der Waals surface area contributed by atoms with Crippen molar-refractivity contribution in [2.75, 3.05) is 13.2 Å². The molecule has 0 atom stereocenters. The number of hydrogen-bond acceptors (Lipinski definition) is 5. The first kappa shape index (κ1) is 13.5. The third-order valence-electron chi connectivity index (χ3n) is 3.08. The van der Waals surface area contributed by atoms with Gasteiger partial charge in [0.2, 0.25) is 5.09 Å². The Balaban J connectivity index is 2.16. The largest absolute Gasteiger partial charge is 0.447 e. The number of nitrogens with one attached hydrogen (secondary N) is 1. The van der Waals surface area contributed by atoms with Gasteiger partial charge in [-0.2, -0.15) is 0 Å². The van der Waals surface area contributed by atoms with Gasteiger partial charge in [-0.1, -0.05) is 0 Å². The van der Waals surface area contributed by atoms with Gasteiger partial charge in [0.1, 0.15) is 5.76 Å². The van der Waals surface area contributed by atoms with Crippen LogP contribution in [0.15, 0.2) is 21.6 Å². The van der Waals surface area contributed by atoms with Crippen LogP contribution in [0.25, 0.3) is 0 Å². The van der Waals surface area contributed by atoms with Crippen molar-refractivity contribution in [2.45, 2.75) is 36.9 Å². The molecule has 1 aromatic rings. The summed E-state index contributed by atoms with van der Waals surface area (Å²) in [5, 5.41) is -0.0873. The Morgan fingerprint density at radius 1 is 1.39 bits per heavy atom. The summed E-state index contributed by atoms with van der Waals surface area (Å²) in [7, 11) is -3.64. The lowest BCUT2D eigenvalue weighted by Crippen LogP contribution is -2.49. The highest BCUT2D eigenvalue weighted by Gasteiger charge is 2.33. The zero-order valence-electron chi connectivity index (χ0n) is 10.3. The van der Waals surface area contributed by atoms with Crippen LogP contribution in [0, 0.1) is 0 Å². The smallest absolute Gasteiger partial charge is 0.274 e. The lowest BCUT2D eigenvalue weighted by Gasteiger charge is -2.33. The Kier molecular flexibility index (Phi) is 3.76. The number of rotatable bonds is 4. The van der Waals surface area contributed by atoms with E-state index >= 15 is 0 Å². The van der Waals surface area contributed by atoms with Gasteiger partial charge < -0.3 is 14.9 Å². The van der Waals surface area contributed by atoms with Crippen LogP contribution in [0.5, 0.6) is 0 Å². The van der Waals surface area contributed by atoms with Gasteiger partial charge in [-0.15, -0.1) is 0 Å². The van der Waals surface area contributed by atoms with Gasteiger partial charge in [0.25, 0.3) is 10.0 Å². The van der Waals surface area contributed by atoms with Gasteiger partial charge in [0.05, 0.1) is 6.54 Å². The van der Waals surface area contributed by atoms with Gasteiger partial charge in [0.15, 0.2) is 0 Å². The second kappa shape index (κ2) is 5.00. The van der Waals surface area contributed by atoms with Crippen LogP contribution in [0.4, 0.5) is 0 Å². The highest BCUT2D eigenvalue weighted by Crippen LogP contribution is 2.23. The quantitative estimate of drug-likeness (QED) is 0.837. The van der Waals surface area contributed by atoms with Crippen molar-refractivity contribution in [3.63, 3.8) is 0 Å². The topological polar surface area (TPSA) is 94.6 Å². The average Bonchev–Trinajstić information content (AvgIpc) is 2.77. The van der Waals surface area contributed by atoms with E-state index < -0.39 is 15.6 Å². The van der Waals surface area contributed by atoms with Crippen LogP contribution < -0.4 is 10.5 Å². The van der Waals surface area contributed by atoms with Crippen LogP contribution in [-0.4, -0.2) is 27.2 Å². The molecule has 0 aliphatic carbocycles. The van der Waals surface area contributed by atoms with Crippen molar-refractivity contribution in [3.05, 3.63) is 17.9 Å². The lowest BCUT2D eigenvalue weighted by atomic mass is 9.94. The van der Waals surface area contributed by atoms with Crippen LogP contribution in [0.3, 0.4) is 0 Å². The predicted octanol–water partition coefficient (Wildman–Crippen LogP) is 0.586. The number of hydrogen-bond donors (Lipinski definition) is 2. The van der Waals surface area contributed by atoms with E-state index in [1.165, 1.54) is 6.07 Å². The van der Waals surface area contributed by atoms with Crippen LogP contribution in [0.1, 0.15) is 25.5 Å². The molecule has 6 nitrogen and oxygen atoms in total. The number of sulfonamides is 1. The highest BCUT2D eigenvalue weighted by atomic mass is 32.2.